The summed E-state index contributed by atoms with van der Waals surface area (Å²) in [6, 6.07) is 0.438. The third kappa shape index (κ3) is 1.33. The first-order valence-electron chi connectivity index (χ1n) is 5.49. The number of hydrogen-bond acceptors (Lipinski definition) is 3. The number of ether oxygens (including phenoxy) is 1. The smallest absolute Gasteiger partial charge is 0.249 e. The molecule has 4 nitrogen and oxygen atoms in total. The average Bonchev–Trinajstić information content (AvgIpc) is 2.75. The molecule has 3 aliphatic rings. The Labute approximate surface area is 83.4 Å². The molecule has 4 heteroatoms. The summed E-state index contributed by atoms with van der Waals surface area (Å²) in [5.41, 5.74) is 0. The van der Waals surface area contributed by atoms with E-state index in [0.717, 1.165) is 32.5 Å². The molecule has 3 fully saturated rings. The second-order valence-corrected chi connectivity index (χ2v) is 4.52. The number of piperidine rings is 1. The predicted molar refractivity (Wildman–Crippen MR) is 50.8 cm³/mol. The van der Waals surface area contributed by atoms with Crippen LogP contribution in [0.5, 0.6) is 0 Å². The largest absolute Gasteiger partial charge is 0.368 e. The summed E-state index contributed by atoms with van der Waals surface area (Å²) in [5, 5.41) is 6.41. The second kappa shape index (κ2) is 3.21. The zero-order valence-electron chi connectivity index (χ0n) is 8.16. The van der Waals surface area contributed by atoms with Gasteiger partial charge in [0.05, 0.1) is 0 Å². The first kappa shape index (κ1) is 8.68. The van der Waals surface area contributed by atoms with E-state index in [2.05, 4.69) is 10.6 Å². The Morgan fingerprint density at radius 1 is 1.36 bits per heavy atom. The van der Waals surface area contributed by atoms with Crippen molar-refractivity contribution >= 4 is 5.91 Å². The maximum atomic E-state index is 11.7. The lowest BCUT2D eigenvalue weighted by Gasteiger charge is -2.11. The Morgan fingerprint density at radius 3 is 2.79 bits per heavy atom. The minimum Gasteiger partial charge on any atom is -0.368 e. The van der Waals surface area contributed by atoms with Gasteiger partial charge in [-0.05, 0) is 24.7 Å². The Balaban J connectivity index is 1.50. The van der Waals surface area contributed by atoms with Gasteiger partial charge in [0.2, 0.25) is 5.91 Å². The predicted octanol–water partition coefficient (Wildman–Crippen LogP) is -0.501. The number of carbonyl (C=O) groups excluding carboxylic acids is 1. The molecule has 3 rings (SSSR count). The molecule has 3 atom stereocenters. The standard InChI is InChI=1S/C10H16N2O2/c13-10(8-2-1-3-14-8)12-9-6-4-11-5-7(6)9/h6-9,11H,1-5H2,(H,12,13)/t6?,7?,8-,9?/m0/s1. The van der Waals surface area contributed by atoms with Crippen molar-refractivity contribution in [1.82, 2.24) is 10.6 Å². The van der Waals surface area contributed by atoms with E-state index in [9.17, 15) is 4.79 Å². The Kier molecular flexibility index (Phi) is 1.99. The van der Waals surface area contributed by atoms with E-state index in [1.165, 1.54) is 0 Å². The van der Waals surface area contributed by atoms with E-state index >= 15 is 0 Å². The van der Waals surface area contributed by atoms with Gasteiger partial charge in [-0.3, -0.25) is 4.79 Å². The zero-order valence-corrected chi connectivity index (χ0v) is 8.16. The molecular weight excluding hydrogens is 180 g/mol. The minimum absolute atomic E-state index is 0.113. The van der Waals surface area contributed by atoms with Crippen molar-refractivity contribution in [2.24, 2.45) is 11.8 Å². The van der Waals surface area contributed by atoms with Crippen LogP contribution in [-0.2, 0) is 9.53 Å². The van der Waals surface area contributed by atoms with Crippen molar-refractivity contribution in [3.63, 3.8) is 0 Å². The highest BCUT2D eigenvalue weighted by Gasteiger charge is 2.54. The maximum absolute atomic E-state index is 11.7. The molecule has 78 valence electrons. The van der Waals surface area contributed by atoms with Gasteiger partial charge in [0.1, 0.15) is 6.10 Å². The van der Waals surface area contributed by atoms with Gasteiger partial charge in [-0.2, -0.15) is 0 Å². The third-order valence-corrected chi connectivity index (χ3v) is 3.62. The van der Waals surface area contributed by atoms with E-state index in [4.69, 9.17) is 4.74 Å². The number of carbonyl (C=O) groups is 1. The van der Waals surface area contributed by atoms with Crippen LogP contribution in [0.25, 0.3) is 0 Å². The molecule has 0 bridgehead atoms. The summed E-state index contributed by atoms with van der Waals surface area (Å²) < 4.78 is 5.34. The van der Waals surface area contributed by atoms with Crippen molar-refractivity contribution < 1.29 is 9.53 Å². The van der Waals surface area contributed by atoms with E-state index in [1.807, 2.05) is 0 Å². The molecular formula is C10H16N2O2. The van der Waals surface area contributed by atoms with Crippen molar-refractivity contribution in [2.45, 2.75) is 25.0 Å². The van der Waals surface area contributed by atoms with Gasteiger partial charge in [-0.25, -0.2) is 0 Å². The van der Waals surface area contributed by atoms with Crippen LogP contribution >= 0.6 is 0 Å². The van der Waals surface area contributed by atoms with Gasteiger partial charge in [0, 0.05) is 25.7 Å². The Bertz CT molecular complexity index is 241. The molecule has 0 spiro atoms. The van der Waals surface area contributed by atoms with Gasteiger partial charge >= 0.3 is 0 Å². The molecule has 0 aromatic heterocycles. The summed E-state index contributed by atoms with van der Waals surface area (Å²) in [7, 11) is 0. The lowest BCUT2D eigenvalue weighted by Crippen LogP contribution is -2.39. The van der Waals surface area contributed by atoms with Crippen LogP contribution < -0.4 is 10.6 Å². The first-order chi connectivity index (χ1) is 6.86. The van der Waals surface area contributed by atoms with Crippen molar-refractivity contribution in [1.29, 1.82) is 0 Å². The third-order valence-electron chi connectivity index (χ3n) is 3.62. The number of nitrogens with one attached hydrogen (secondary N) is 2. The highest BCUT2D eigenvalue weighted by Crippen LogP contribution is 2.41. The van der Waals surface area contributed by atoms with E-state index in [0.29, 0.717) is 17.9 Å². The molecule has 0 radical (unpaired) electrons. The molecule has 1 saturated carbocycles. The molecule has 1 aliphatic carbocycles. The normalized spacial score (nSPS) is 44.9. The SMILES string of the molecule is O=C(NC1C2CNCC21)[C@@H]1CCCO1. The lowest BCUT2D eigenvalue weighted by molar-refractivity contribution is -0.130. The molecule has 0 aromatic rings. The van der Waals surface area contributed by atoms with E-state index in [-0.39, 0.29) is 12.0 Å². The Morgan fingerprint density at radius 2 is 2.14 bits per heavy atom. The zero-order chi connectivity index (χ0) is 9.54. The van der Waals surface area contributed by atoms with Gasteiger partial charge in [-0.15, -0.1) is 0 Å². The van der Waals surface area contributed by atoms with Crippen LogP contribution in [0.4, 0.5) is 0 Å². The summed E-state index contributed by atoms with van der Waals surface area (Å²) in [4.78, 5) is 11.7. The van der Waals surface area contributed by atoms with Gasteiger partial charge in [0.25, 0.3) is 0 Å². The van der Waals surface area contributed by atoms with Gasteiger partial charge in [0.15, 0.2) is 0 Å². The molecule has 1 amide bonds. The van der Waals surface area contributed by atoms with Crippen molar-refractivity contribution in [2.75, 3.05) is 19.7 Å². The second-order valence-electron chi connectivity index (χ2n) is 4.52. The molecule has 14 heavy (non-hydrogen) atoms. The van der Waals surface area contributed by atoms with Crippen LogP contribution in [0.2, 0.25) is 0 Å². The fraction of sp³-hybridized carbons (Fsp3) is 0.900. The number of amides is 1. The molecule has 0 aromatic carbocycles. The van der Waals surface area contributed by atoms with E-state index in [1.54, 1.807) is 0 Å². The summed E-state index contributed by atoms with van der Waals surface area (Å²) >= 11 is 0. The van der Waals surface area contributed by atoms with E-state index < -0.39 is 0 Å². The maximum Gasteiger partial charge on any atom is 0.249 e. The first-order valence-corrected chi connectivity index (χ1v) is 5.49. The summed E-state index contributed by atoms with van der Waals surface area (Å²) in [6.45, 7) is 2.89. The highest BCUT2D eigenvalue weighted by atomic mass is 16.5. The van der Waals surface area contributed by atoms with Crippen LogP contribution in [0.15, 0.2) is 0 Å². The highest BCUT2D eigenvalue weighted by molar-refractivity contribution is 5.81. The van der Waals surface area contributed by atoms with Crippen LogP contribution in [0.3, 0.4) is 0 Å². The lowest BCUT2D eigenvalue weighted by atomic mass is 10.2. The quantitative estimate of drug-likeness (QED) is 0.626. The summed E-state index contributed by atoms with van der Waals surface area (Å²) in [6.07, 6.45) is 1.76. The topological polar surface area (TPSA) is 50.4 Å². The van der Waals surface area contributed by atoms with Crippen LogP contribution in [0, 0.1) is 11.8 Å². The summed E-state index contributed by atoms with van der Waals surface area (Å²) in [5.74, 6) is 1.50. The van der Waals surface area contributed by atoms with Crippen LogP contribution in [-0.4, -0.2) is 37.7 Å². The monoisotopic (exact) mass is 196 g/mol. The number of hydrogen-bond donors (Lipinski definition) is 2. The number of rotatable bonds is 2. The van der Waals surface area contributed by atoms with Crippen molar-refractivity contribution in [3.8, 4) is 0 Å². The number of fused-ring (bicyclic) bond motifs is 1. The molecule has 2 heterocycles. The van der Waals surface area contributed by atoms with Crippen molar-refractivity contribution in [3.05, 3.63) is 0 Å². The molecule has 2 saturated heterocycles. The molecule has 2 N–H and O–H groups in total. The Hall–Kier alpha value is -0.610. The fourth-order valence-corrected chi connectivity index (χ4v) is 2.67. The average molecular weight is 196 g/mol. The van der Waals surface area contributed by atoms with Gasteiger partial charge in [-0.1, -0.05) is 0 Å². The van der Waals surface area contributed by atoms with Gasteiger partial charge < -0.3 is 15.4 Å². The molecule has 2 aliphatic heterocycles. The van der Waals surface area contributed by atoms with Crippen LogP contribution in [0.1, 0.15) is 12.8 Å². The molecule has 2 unspecified atom stereocenters. The minimum atomic E-state index is -0.163. The fourth-order valence-electron chi connectivity index (χ4n) is 2.67.